The molecule has 1 aliphatic heterocycles. The number of ether oxygens (including phenoxy) is 2. The topological polar surface area (TPSA) is 71.1 Å². The number of rotatable bonds is 9. The van der Waals surface area contributed by atoms with Gasteiger partial charge in [-0.2, -0.15) is 0 Å². The molecule has 1 aliphatic rings. The van der Waals surface area contributed by atoms with E-state index >= 15 is 4.39 Å². The summed E-state index contributed by atoms with van der Waals surface area (Å²) >= 11 is 0. The van der Waals surface area contributed by atoms with E-state index in [1.807, 2.05) is 0 Å². The quantitative estimate of drug-likeness (QED) is 0.481. The molecule has 0 saturated carbocycles. The second-order valence-corrected chi connectivity index (χ2v) is 7.62. The van der Waals surface area contributed by atoms with Crippen LogP contribution in [0.25, 0.3) is 0 Å². The lowest BCUT2D eigenvalue weighted by molar-refractivity contribution is -0.0498. The fourth-order valence-corrected chi connectivity index (χ4v) is 4.35. The zero-order valence-corrected chi connectivity index (χ0v) is 15.3. The zero-order valence-electron chi connectivity index (χ0n) is 14.4. The molecule has 0 spiro atoms. The van der Waals surface area contributed by atoms with Gasteiger partial charge < -0.3 is 18.5 Å². The first kappa shape index (κ1) is 20.0. The fraction of sp³-hybridized carbons (Fsp3) is 0.588. The molecule has 8 heteroatoms. The van der Waals surface area contributed by atoms with Crippen LogP contribution in [0.15, 0.2) is 30.3 Å². The largest absolute Gasteiger partial charge is 0.452 e. The van der Waals surface area contributed by atoms with Crippen molar-refractivity contribution >= 4 is 13.6 Å². The van der Waals surface area contributed by atoms with Crippen LogP contribution in [0, 0.1) is 0 Å². The molecule has 140 valence electrons. The van der Waals surface area contributed by atoms with Crippen molar-refractivity contribution < 1.29 is 32.3 Å². The Morgan fingerprint density at radius 3 is 2.44 bits per heavy atom. The fourth-order valence-electron chi connectivity index (χ4n) is 2.66. The summed E-state index contributed by atoms with van der Waals surface area (Å²) in [4.78, 5) is 12.3. The number of halogens is 1. The van der Waals surface area contributed by atoms with Crippen molar-refractivity contribution in [1.82, 2.24) is 0 Å². The van der Waals surface area contributed by atoms with E-state index in [1.54, 1.807) is 44.2 Å². The van der Waals surface area contributed by atoms with Gasteiger partial charge in [0.2, 0.25) is 5.91 Å². The highest BCUT2D eigenvalue weighted by molar-refractivity contribution is 7.54. The summed E-state index contributed by atoms with van der Waals surface area (Å²) in [5.74, 6) is -2.83. The van der Waals surface area contributed by atoms with E-state index in [0.29, 0.717) is 19.4 Å². The van der Waals surface area contributed by atoms with E-state index in [2.05, 4.69) is 0 Å². The maximum atomic E-state index is 15.1. The molecule has 1 fully saturated rings. The molecule has 1 aromatic rings. The van der Waals surface area contributed by atoms with Gasteiger partial charge in [-0.15, -0.1) is 0 Å². The highest BCUT2D eigenvalue weighted by atomic mass is 31.2. The Labute approximate surface area is 147 Å². The average Bonchev–Trinajstić information content (AvgIpc) is 3.14. The van der Waals surface area contributed by atoms with Crippen molar-refractivity contribution in [2.75, 3.05) is 19.8 Å². The molecule has 0 bridgehead atoms. The average molecular weight is 374 g/mol. The number of esters is 1. The van der Waals surface area contributed by atoms with Crippen LogP contribution in [0.5, 0.6) is 0 Å². The molecular formula is C17H24FO6P. The molecule has 0 radical (unpaired) electrons. The number of alkyl halides is 1. The maximum Gasteiger partial charge on any atom is 0.368 e. The molecule has 6 nitrogen and oxygen atoms in total. The van der Waals surface area contributed by atoms with Crippen LogP contribution in [0.4, 0.5) is 4.39 Å². The smallest absolute Gasteiger partial charge is 0.368 e. The number of carbonyl (C=O) groups is 1. The first-order valence-electron chi connectivity index (χ1n) is 8.42. The molecule has 1 saturated heterocycles. The van der Waals surface area contributed by atoms with Crippen molar-refractivity contribution in [3.63, 3.8) is 0 Å². The van der Waals surface area contributed by atoms with E-state index in [-0.39, 0.29) is 18.8 Å². The lowest BCUT2D eigenvalue weighted by Gasteiger charge is -2.30. The number of hydrogen-bond donors (Lipinski definition) is 0. The minimum Gasteiger partial charge on any atom is -0.452 e. The first-order valence-corrected chi connectivity index (χ1v) is 10.0. The second-order valence-electron chi connectivity index (χ2n) is 5.54. The lowest BCUT2D eigenvalue weighted by Crippen LogP contribution is -2.39. The van der Waals surface area contributed by atoms with Gasteiger partial charge in [-0.05, 0) is 38.8 Å². The van der Waals surface area contributed by atoms with E-state index in [0.717, 1.165) is 0 Å². The normalized spacial score (nSPS) is 20.2. The van der Waals surface area contributed by atoms with Crippen molar-refractivity contribution in [3.05, 3.63) is 35.9 Å². The van der Waals surface area contributed by atoms with Gasteiger partial charge in [-0.25, -0.2) is 9.18 Å². The van der Waals surface area contributed by atoms with Crippen LogP contribution in [-0.4, -0.2) is 43.9 Å². The highest BCUT2D eigenvalue weighted by Gasteiger charge is 2.48. The minimum atomic E-state index is -4.09. The minimum absolute atomic E-state index is 0.0164. The summed E-state index contributed by atoms with van der Waals surface area (Å²) in [6, 6.07) is 8.23. The van der Waals surface area contributed by atoms with Crippen LogP contribution in [-0.2, 0) is 23.1 Å². The molecule has 0 aromatic heterocycles. The van der Waals surface area contributed by atoms with Gasteiger partial charge in [0.15, 0.2) is 6.10 Å². The lowest BCUT2D eigenvalue weighted by atomic mass is 10.1. The van der Waals surface area contributed by atoms with Gasteiger partial charge in [-0.3, -0.25) is 4.57 Å². The number of carbonyl (C=O) groups excluding carboxylic acids is 1. The Morgan fingerprint density at radius 1 is 1.28 bits per heavy atom. The summed E-state index contributed by atoms with van der Waals surface area (Å²) in [6.45, 7) is 3.65. The Kier molecular flexibility index (Phi) is 7.56. The van der Waals surface area contributed by atoms with Gasteiger partial charge in [0, 0.05) is 6.61 Å². The molecule has 0 aliphatic carbocycles. The van der Waals surface area contributed by atoms with E-state index < -0.39 is 31.7 Å². The Balaban J connectivity index is 2.22. The summed E-state index contributed by atoms with van der Waals surface area (Å²) in [5.41, 5.74) is 0.278. The van der Waals surface area contributed by atoms with Crippen LogP contribution in [0.3, 0.4) is 0 Å². The molecule has 0 N–H and O–H groups in total. The van der Waals surface area contributed by atoms with Gasteiger partial charge in [0.25, 0.3) is 0 Å². The van der Waals surface area contributed by atoms with Crippen LogP contribution < -0.4 is 0 Å². The Hall–Kier alpha value is -1.27. The first-order chi connectivity index (χ1) is 12.0. The molecule has 3 unspecified atom stereocenters. The zero-order chi connectivity index (χ0) is 18.3. The predicted molar refractivity (Wildman–Crippen MR) is 90.4 cm³/mol. The standard InChI is InChI=1S/C17H24FO6P/c1-3-22-25(20,23-4-2)16(18)15(14-11-8-12-21-14)24-17(19)13-9-6-5-7-10-13/h5-7,9-10,14-16H,3-4,8,11-12H2,1-2H3. The summed E-state index contributed by atoms with van der Waals surface area (Å²) in [7, 11) is -4.09. The predicted octanol–water partition coefficient (Wildman–Crippen LogP) is 3.95. The third kappa shape index (κ3) is 5.11. The highest BCUT2D eigenvalue weighted by Crippen LogP contribution is 2.56. The summed E-state index contributed by atoms with van der Waals surface area (Å²) in [6.07, 6.45) is -0.827. The third-order valence-corrected chi connectivity index (χ3v) is 5.91. The van der Waals surface area contributed by atoms with Crippen LogP contribution in [0.1, 0.15) is 37.0 Å². The third-order valence-electron chi connectivity index (χ3n) is 3.78. The van der Waals surface area contributed by atoms with Gasteiger partial charge in [0.1, 0.15) is 0 Å². The second kappa shape index (κ2) is 9.43. The van der Waals surface area contributed by atoms with Crippen molar-refractivity contribution in [1.29, 1.82) is 0 Å². The van der Waals surface area contributed by atoms with Crippen molar-refractivity contribution in [2.24, 2.45) is 0 Å². The summed E-state index contributed by atoms with van der Waals surface area (Å²) in [5, 5.41) is 0. The van der Waals surface area contributed by atoms with E-state index in [4.69, 9.17) is 18.5 Å². The van der Waals surface area contributed by atoms with Crippen molar-refractivity contribution in [2.45, 2.75) is 44.8 Å². The van der Waals surface area contributed by atoms with Gasteiger partial charge >= 0.3 is 13.6 Å². The van der Waals surface area contributed by atoms with E-state index in [1.165, 1.54) is 0 Å². The van der Waals surface area contributed by atoms with Crippen molar-refractivity contribution in [3.8, 4) is 0 Å². The SMILES string of the molecule is CCOP(=O)(OCC)C(F)C(OC(=O)c1ccccc1)C1CCCO1. The van der Waals surface area contributed by atoms with E-state index in [9.17, 15) is 9.36 Å². The molecule has 3 atom stereocenters. The number of hydrogen-bond acceptors (Lipinski definition) is 6. The molecule has 2 rings (SSSR count). The summed E-state index contributed by atoms with van der Waals surface area (Å²) < 4.78 is 48.9. The number of benzene rings is 1. The Bertz CT molecular complexity index is 580. The van der Waals surface area contributed by atoms with Gasteiger partial charge in [-0.1, -0.05) is 18.2 Å². The molecular weight excluding hydrogens is 350 g/mol. The monoisotopic (exact) mass is 374 g/mol. The molecule has 1 aromatic carbocycles. The molecule has 0 amide bonds. The van der Waals surface area contributed by atoms with Crippen LogP contribution >= 0.6 is 7.60 Å². The van der Waals surface area contributed by atoms with Crippen LogP contribution in [0.2, 0.25) is 0 Å². The molecule has 1 heterocycles. The maximum absolute atomic E-state index is 15.1. The molecule has 25 heavy (non-hydrogen) atoms. The Morgan fingerprint density at radius 2 is 1.92 bits per heavy atom. The van der Waals surface area contributed by atoms with Gasteiger partial charge in [0.05, 0.1) is 24.9 Å².